The lowest BCUT2D eigenvalue weighted by molar-refractivity contribution is -0.146. The van der Waals surface area contributed by atoms with Crippen molar-refractivity contribution in [1.82, 2.24) is 4.31 Å². The fourth-order valence-corrected chi connectivity index (χ4v) is 3.95. The summed E-state index contributed by atoms with van der Waals surface area (Å²) in [5.41, 5.74) is -0.566. The molecule has 1 N–H and O–H groups in total. The first-order valence-electron chi connectivity index (χ1n) is 6.38. The van der Waals surface area contributed by atoms with E-state index in [2.05, 4.69) is 0 Å². The van der Waals surface area contributed by atoms with Crippen LogP contribution in [-0.2, 0) is 20.6 Å². The minimum Gasteiger partial charge on any atom is -0.480 e. The predicted molar refractivity (Wildman–Crippen MR) is 77.9 cm³/mol. The lowest BCUT2D eigenvalue weighted by Crippen LogP contribution is -2.53. The molecule has 1 aromatic carbocycles. The normalized spacial score (nSPS) is 12.1. The third-order valence-electron chi connectivity index (χ3n) is 3.20. The van der Waals surface area contributed by atoms with Gasteiger partial charge in [0.15, 0.2) is 0 Å². The Morgan fingerprint density at radius 1 is 1.33 bits per heavy atom. The van der Waals surface area contributed by atoms with E-state index in [1.165, 1.54) is 26.0 Å². The van der Waals surface area contributed by atoms with Crippen LogP contribution < -0.4 is 0 Å². The maximum absolute atomic E-state index is 12.4. The molecule has 7 heteroatoms. The van der Waals surface area contributed by atoms with Crippen LogP contribution in [0, 0.1) is 11.3 Å². The lowest BCUT2D eigenvalue weighted by Gasteiger charge is -2.33. The van der Waals surface area contributed by atoms with Crippen LogP contribution >= 0.6 is 0 Å². The molecule has 0 atom stereocenters. The summed E-state index contributed by atoms with van der Waals surface area (Å²) in [4.78, 5) is 11.3. The summed E-state index contributed by atoms with van der Waals surface area (Å²) >= 11 is 0. The van der Waals surface area contributed by atoms with Gasteiger partial charge in [-0.25, -0.2) is 8.42 Å². The summed E-state index contributed by atoms with van der Waals surface area (Å²) in [7, 11) is -3.78. The fraction of sp³-hybridized carbons (Fsp3) is 0.429. The van der Waals surface area contributed by atoms with E-state index in [4.69, 9.17) is 5.26 Å². The molecule has 0 heterocycles. The number of rotatable bonds is 6. The number of aliphatic carboxylic acids is 1. The van der Waals surface area contributed by atoms with Gasteiger partial charge in [-0.2, -0.15) is 9.57 Å². The summed E-state index contributed by atoms with van der Waals surface area (Å²) in [5.74, 6) is -1.50. The molecule has 1 aromatic rings. The van der Waals surface area contributed by atoms with Crippen molar-refractivity contribution in [2.24, 2.45) is 0 Å². The van der Waals surface area contributed by atoms with E-state index < -0.39 is 21.5 Å². The van der Waals surface area contributed by atoms with E-state index in [9.17, 15) is 18.3 Å². The van der Waals surface area contributed by atoms with E-state index in [-0.39, 0.29) is 12.3 Å². The highest BCUT2D eigenvalue weighted by molar-refractivity contribution is 7.88. The van der Waals surface area contributed by atoms with Crippen LogP contribution in [0.2, 0.25) is 0 Å². The zero-order valence-electron chi connectivity index (χ0n) is 12.2. The van der Waals surface area contributed by atoms with Gasteiger partial charge >= 0.3 is 5.97 Å². The second-order valence-corrected chi connectivity index (χ2v) is 6.99. The van der Waals surface area contributed by atoms with Gasteiger partial charge in [0.1, 0.15) is 5.54 Å². The van der Waals surface area contributed by atoms with Gasteiger partial charge in [-0.3, -0.25) is 4.79 Å². The van der Waals surface area contributed by atoms with Gasteiger partial charge in [0.2, 0.25) is 10.0 Å². The van der Waals surface area contributed by atoms with Crippen LogP contribution in [-0.4, -0.2) is 35.9 Å². The summed E-state index contributed by atoms with van der Waals surface area (Å²) in [6.07, 6.45) is 0. The second-order valence-electron chi connectivity index (χ2n) is 5.09. The van der Waals surface area contributed by atoms with Gasteiger partial charge in [0.25, 0.3) is 0 Å². The zero-order chi connectivity index (χ0) is 16.3. The van der Waals surface area contributed by atoms with Crippen molar-refractivity contribution in [3.63, 3.8) is 0 Å². The Balaban J connectivity index is 3.08. The van der Waals surface area contributed by atoms with Gasteiger partial charge in [0.05, 0.1) is 17.4 Å². The van der Waals surface area contributed by atoms with Crippen molar-refractivity contribution in [2.45, 2.75) is 32.1 Å². The predicted octanol–water partition coefficient (Wildman–Crippen LogP) is 1.57. The molecule has 21 heavy (non-hydrogen) atoms. The molecule has 114 valence electrons. The molecular weight excluding hydrogens is 292 g/mol. The number of hydrogen-bond acceptors (Lipinski definition) is 4. The minimum atomic E-state index is -3.78. The molecular formula is C14H18N2O4S. The summed E-state index contributed by atoms with van der Waals surface area (Å²) in [6, 6.07) is 8.12. The highest BCUT2D eigenvalue weighted by Gasteiger charge is 2.40. The van der Waals surface area contributed by atoms with Gasteiger partial charge < -0.3 is 5.11 Å². The van der Waals surface area contributed by atoms with Crippen LogP contribution in [0.1, 0.15) is 31.9 Å². The monoisotopic (exact) mass is 310 g/mol. The molecule has 0 saturated heterocycles. The van der Waals surface area contributed by atoms with Crippen molar-refractivity contribution < 1.29 is 18.3 Å². The van der Waals surface area contributed by atoms with Crippen molar-refractivity contribution >= 4 is 16.0 Å². The first-order valence-corrected chi connectivity index (χ1v) is 7.99. The number of benzene rings is 1. The highest BCUT2D eigenvalue weighted by Crippen LogP contribution is 2.22. The van der Waals surface area contributed by atoms with Gasteiger partial charge in [-0.1, -0.05) is 19.1 Å². The molecule has 0 aliphatic heterocycles. The fourth-order valence-electron chi connectivity index (χ4n) is 2.01. The summed E-state index contributed by atoms with van der Waals surface area (Å²) in [6.45, 7) is 4.38. The Bertz CT molecular complexity index is 657. The number of nitrogens with zero attached hydrogens (tertiary/aromatic N) is 2. The van der Waals surface area contributed by atoms with Crippen LogP contribution in [0.15, 0.2) is 24.3 Å². The number of hydrogen-bond donors (Lipinski definition) is 1. The molecule has 0 saturated carbocycles. The van der Waals surface area contributed by atoms with Crippen LogP contribution in [0.25, 0.3) is 0 Å². The van der Waals surface area contributed by atoms with Gasteiger partial charge in [-0.15, -0.1) is 0 Å². The van der Waals surface area contributed by atoms with Crippen molar-refractivity contribution in [1.29, 1.82) is 5.26 Å². The molecule has 0 aliphatic carbocycles. The molecule has 0 fully saturated rings. The SMILES string of the molecule is CCN(C(C)(C)C(=O)O)S(=O)(=O)Cc1ccc(C#N)cc1. The maximum atomic E-state index is 12.4. The lowest BCUT2D eigenvalue weighted by atomic mass is 10.1. The quantitative estimate of drug-likeness (QED) is 0.860. The van der Waals surface area contributed by atoms with E-state index >= 15 is 0 Å². The Hall–Kier alpha value is -1.91. The number of nitriles is 1. The molecule has 0 aliphatic rings. The van der Waals surface area contributed by atoms with Crippen LogP contribution in [0.3, 0.4) is 0 Å². The third kappa shape index (κ3) is 3.80. The highest BCUT2D eigenvalue weighted by atomic mass is 32.2. The molecule has 6 nitrogen and oxygen atoms in total. The van der Waals surface area contributed by atoms with Gasteiger partial charge in [-0.05, 0) is 31.5 Å². The molecule has 0 amide bonds. The molecule has 0 spiro atoms. The second kappa shape index (κ2) is 6.24. The van der Waals surface area contributed by atoms with Crippen LogP contribution in [0.4, 0.5) is 0 Å². The molecule has 0 unspecified atom stereocenters. The topological polar surface area (TPSA) is 98.5 Å². The molecule has 0 radical (unpaired) electrons. The van der Waals surface area contributed by atoms with Gasteiger partial charge in [0, 0.05) is 6.54 Å². The first kappa shape index (κ1) is 17.1. The number of likely N-dealkylation sites (N-methyl/N-ethyl adjacent to an activating group) is 1. The van der Waals surface area contributed by atoms with Crippen molar-refractivity contribution in [3.05, 3.63) is 35.4 Å². The third-order valence-corrected chi connectivity index (χ3v) is 5.29. The van der Waals surface area contributed by atoms with Crippen molar-refractivity contribution in [2.75, 3.05) is 6.54 Å². The number of carboxylic acids is 1. The summed E-state index contributed by atoms with van der Waals surface area (Å²) < 4.78 is 25.8. The Labute approximate surface area is 124 Å². The Kier molecular flexibility index (Phi) is 5.10. The number of carboxylic acid groups (broad SMARTS) is 1. The van der Waals surface area contributed by atoms with E-state index in [0.29, 0.717) is 11.1 Å². The standard InChI is InChI=1S/C14H18N2O4S/c1-4-16(14(2,3)13(17)18)21(19,20)10-12-7-5-11(9-15)6-8-12/h5-8H,4,10H2,1-3H3,(H,17,18). The molecule has 0 aromatic heterocycles. The van der Waals surface area contributed by atoms with E-state index in [1.54, 1.807) is 19.1 Å². The smallest absolute Gasteiger partial charge is 0.324 e. The van der Waals surface area contributed by atoms with Crippen molar-refractivity contribution in [3.8, 4) is 6.07 Å². The first-order chi connectivity index (χ1) is 9.65. The van der Waals surface area contributed by atoms with E-state index in [0.717, 1.165) is 4.31 Å². The van der Waals surface area contributed by atoms with Crippen LogP contribution in [0.5, 0.6) is 0 Å². The average molecular weight is 310 g/mol. The Morgan fingerprint density at radius 3 is 2.24 bits per heavy atom. The minimum absolute atomic E-state index is 0.0674. The number of carbonyl (C=O) groups is 1. The maximum Gasteiger partial charge on any atom is 0.324 e. The molecule has 1 rings (SSSR count). The average Bonchev–Trinajstić information content (AvgIpc) is 2.38. The summed E-state index contributed by atoms with van der Waals surface area (Å²) in [5, 5.41) is 17.9. The number of sulfonamides is 1. The Morgan fingerprint density at radius 2 is 1.86 bits per heavy atom. The largest absolute Gasteiger partial charge is 0.480 e. The molecule has 0 bridgehead atoms. The van der Waals surface area contributed by atoms with E-state index in [1.807, 2.05) is 6.07 Å². The zero-order valence-corrected chi connectivity index (χ0v) is 13.0.